The SMILES string of the molecule is O=C(CCCc1ccccc1)Nc1ncccn1. The molecule has 0 atom stereocenters. The molecule has 2 rings (SSSR count). The van der Waals surface area contributed by atoms with Crippen molar-refractivity contribution in [1.29, 1.82) is 0 Å². The Hall–Kier alpha value is -2.23. The number of anilines is 1. The van der Waals surface area contributed by atoms with Crippen LogP contribution in [-0.2, 0) is 11.2 Å². The average molecular weight is 241 g/mol. The Morgan fingerprint density at radius 2 is 1.78 bits per heavy atom. The maximum Gasteiger partial charge on any atom is 0.229 e. The molecule has 1 aromatic heterocycles. The lowest BCUT2D eigenvalue weighted by molar-refractivity contribution is -0.116. The van der Waals surface area contributed by atoms with Crippen LogP contribution in [0.25, 0.3) is 0 Å². The van der Waals surface area contributed by atoms with Crippen molar-refractivity contribution in [3.05, 3.63) is 54.4 Å². The van der Waals surface area contributed by atoms with E-state index in [1.807, 2.05) is 18.2 Å². The molecule has 0 spiro atoms. The highest BCUT2D eigenvalue weighted by Crippen LogP contribution is 2.05. The summed E-state index contributed by atoms with van der Waals surface area (Å²) in [4.78, 5) is 19.5. The number of amides is 1. The van der Waals surface area contributed by atoms with Crippen molar-refractivity contribution in [3.63, 3.8) is 0 Å². The third kappa shape index (κ3) is 3.97. The Kier molecular flexibility index (Phi) is 4.41. The lowest BCUT2D eigenvalue weighted by Gasteiger charge is -2.03. The predicted molar refractivity (Wildman–Crippen MR) is 70.0 cm³/mol. The van der Waals surface area contributed by atoms with Crippen molar-refractivity contribution >= 4 is 11.9 Å². The van der Waals surface area contributed by atoms with Gasteiger partial charge in [0, 0.05) is 18.8 Å². The zero-order valence-corrected chi connectivity index (χ0v) is 10.0. The summed E-state index contributed by atoms with van der Waals surface area (Å²) in [6, 6.07) is 11.9. The Morgan fingerprint density at radius 1 is 1.06 bits per heavy atom. The molecular formula is C14H15N3O. The normalized spacial score (nSPS) is 10.0. The van der Waals surface area contributed by atoms with Crippen LogP contribution in [0.4, 0.5) is 5.95 Å². The first kappa shape index (κ1) is 12.2. The van der Waals surface area contributed by atoms with Gasteiger partial charge in [0.15, 0.2) is 0 Å². The van der Waals surface area contributed by atoms with E-state index in [4.69, 9.17) is 0 Å². The fraction of sp³-hybridized carbons (Fsp3) is 0.214. The molecule has 2 aromatic rings. The van der Waals surface area contributed by atoms with Gasteiger partial charge in [0.1, 0.15) is 0 Å². The Labute approximate surface area is 106 Å². The van der Waals surface area contributed by atoms with Crippen LogP contribution in [0.5, 0.6) is 0 Å². The number of rotatable bonds is 5. The van der Waals surface area contributed by atoms with Crippen LogP contribution in [0.3, 0.4) is 0 Å². The second-order valence-electron chi connectivity index (χ2n) is 3.96. The number of aromatic nitrogens is 2. The second-order valence-corrected chi connectivity index (χ2v) is 3.96. The quantitative estimate of drug-likeness (QED) is 0.874. The van der Waals surface area contributed by atoms with Crippen LogP contribution in [0.2, 0.25) is 0 Å². The lowest BCUT2D eigenvalue weighted by atomic mass is 10.1. The smallest absolute Gasteiger partial charge is 0.229 e. The minimum atomic E-state index is -0.0443. The molecular weight excluding hydrogens is 226 g/mol. The van der Waals surface area contributed by atoms with E-state index in [0.29, 0.717) is 12.4 Å². The van der Waals surface area contributed by atoms with E-state index in [1.54, 1.807) is 18.5 Å². The zero-order valence-electron chi connectivity index (χ0n) is 10.0. The number of nitrogens with zero attached hydrogens (tertiary/aromatic N) is 2. The van der Waals surface area contributed by atoms with Gasteiger partial charge in [-0.2, -0.15) is 0 Å². The number of hydrogen-bond acceptors (Lipinski definition) is 3. The predicted octanol–water partition coefficient (Wildman–Crippen LogP) is 2.44. The summed E-state index contributed by atoms with van der Waals surface area (Å²) in [7, 11) is 0. The van der Waals surface area contributed by atoms with Crippen molar-refractivity contribution in [3.8, 4) is 0 Å². The van der Waals surface area contributed by atoms with E-state index in [-0.39, 0.29) is 5.91 Å². The molecule has 18 heavy (non-hydrogen) atoms. The molecule has 0 aliphatic heterocycles. The molecule has 0 radical (unpaired) electrons. The maximum absolute atomic E-state index is 11.6. The number of aryl methyl sites for hydroxylation is 1. The minimum absolute atomic E-state index is 0.0443. The lowest BCUT2D eigenvalue weighted by Crippen LogP contribution is -2.13. The molecule has 1 amide bonds. The molecule has 0 aliphatic rings. The molecule has 0 bridgehead atoms. The molecule has 0 fully saturated rings. The van der Waals surface area contributed by atoms with Crippen molar-refractivity contribution in [2.24, 2.45) is 0 Å². The highest BCUT2D eigenvalue weighted by Gasteiger charge is 2.03. The number of hydrogen-bond donors (Lipinski definition) is 1. The monoisotopic (exact) mass is 241 g/mol. The van der Waals surface area contributed by atoms with Crippen LogP contribution < -0.4 is 5.32 Å². The number of carbonyl (C=O) groups excluding carboxylic acids is 1. The van der Waals surface area contributed by atoms with E-state index in [2.05, 4.69) is 27.4 Å². The third-order valence-corrected chi connectivity index (χ3v) is 2.53. The van der Waals surface area contributed by atoms with Crippen molar-refractivity contribution in [1.82, 2.24) is 9.97 Å². The van der Waals surface area contributed by atoms with E-state index in [9.17, 15) is 4.79 Å². The first-order chi connectivity index (χ1) is 8.84. The minimum Gasteiger partial charge on any atom is -0.295 e. The zero-order chi connectivity index (χ0) is 12.6. The standard InChI is InChI=1S/C14H15N3O/c18-13(17-14-15-10-5-11-16-14)9-4-8-12-6-2-1-3-7-12/h1-3,5-7,10-11H,4,8-9H2,(H,15,16,17,18). The topological polar surface area (TPSA) is 54.9 Å². The molecule has 0 saturated carbocycles. The van der Waals surface area contributed by atoms with Crippen LogP contribution >= 0.6 is 0 Å². The largest absolute Gasteiger partial charge is 0.295 e. The van der Waals surface area contributed by atoms with Crippen molar-refractivity contribution in [2.75, 3.05) is 5.32 Å². The molecule has 4 nitrogen and oxygen atoms in total. The molecule has 1 aromatic carbocycles. The summed E-state index contributed by atoms with van der Waals surface area (Å²) in [5.41, 5.74) is 1.25. The van der Waals surface area contributed by atoms with Crippen molar-refractivity contribution < 1.29 is 4.79 Å². The number of carbonyl (C=O) groups is 1. The first-order valence-electron chi connectivity index (χ1n) is 5.95. The first-order valence-corrected chi connectivity index (χ1v) is 5.95. The maximum atomic E-state index is 11.6. The number of nitrogens with one attached hydrogen (secondary N) is 1. The summed E-state index contributed by atoms with van der Waals surface area (Å²) in [5.74, 6) is 0.319. The third-order valence-electron chi connectivity index (χ3n) is 2.53. The molecule has 0 saturated heterocycles. The van der Waals surface area contributed by atoms with Crippen LogP contribution in [0.15, 0.2) is 48.8 Å². The van der Waals surface area contributed by atoms with Gasteiger partial charge in [-0.05, 0) is 24.5 Å². The average Bonchev–Trinajstić information content (AvgIpc) is 2.41. The Balaban J connectivity index is 1.73. The molecule has 4 heteroatoms. The highest BCUT2D eigenvalue weighted by molar-refractivity contribution is 5.88. The van der Waals surface area contributed by atoms with Gasteiger partial charge in [-0.15, -0.1) is 0 Å². The summed E-state index contributed by atoms with van der Waals surface area (Å²) in [6.45, 7) is 0. The van der Waals surface area contributed by atoms with Gasteiger partial charge in [-0.25, -0.2) is 9.97 Å². The molecule has 1 heterocycles. The second kappa shape index (κ2) is 6.49. The van der Waals surface area contributed by atoms with E-state index in [1.165, 1.54) is 5.56 Å². The molecule has 1 N–H and O–H groups in total. The summed E-state index contributed by atoms with van der Waals surface area (Å²) < 4.78 is 0. The van der Waals surface area contributed by atoms with E-state index in [0.717, 1.165) is 12.8 Å². The van der Waals surface area contributed by atoms with Crippen LogP contribution in [-0.4, -0.2) is 15.9 Å². The van der Waals surface area contributed by atoms with Crippen molar-refractivity contribution in [2.45, 2.75) is 19.3 Å². The summed E-state index contributed by atoms with van der Waals surface area (Å²) >= 11 is 0. The van der Waals surface area contributed by atoms with Gasteiger partial charge in [0.25, 0.3) is 0 Å². The van der Waals surface area contributed by atoms with Gasteiger partial charge < -0.3 is 0 Å². The van der Waals surface area contributed by atoms with Gasteiger partial charge >= 0.3 is 0 Å². The van der Waals surface area contributed by atoms with Gasteiger partial charge in [-0.1, -0.05) is 30.3 Å². The summed E-state index contributed by atoms with van der Waals surface area (Å²) in [6.07, 6.45) is 5.42. The fourth-order valence-electron chi connectivity index (χ4n) is 1.65. The van der Waals surface area contributed by atoms with Gasteiger partial charge in [-0.3, -0.25) is 10.1 Å². The Morgan fingerprint density at radius 3 is 2.50 bits per heavy atom. The van der Waals surface area contributed by atoms with Crippen LogP contribution in [0, 0.1) is 0 Å². The van der Waals surface area contributed by atoms with E-state index >= 15 is 0 Å². The molecule has 0 unspecified atom stereocenters. The fourth-order valence-corrected chi connectivity index (χ4v) is 1.65. The van der Waals surface area contributed by atoms with E-state index < -0.39 is 0 Å². The Bertz CT molecular complexity index is 485. The molecule has 0 aliphatic carbocycles. The molecule has 92 valence electrons. The van der Waals surface area contributed by atoms with Gasteiger partial charge in [0.2, 0.25) is 11.9 Å². The van der Waals surface area contributed by atoms with Crippen LogP contribution in [0.1, 0.15) is 18.4 Å². The summed E-state index contributed by atoms with van der Waals surface area (Å²) in [5, 5.41) is 2.67. The van der Waals surface area contributed by atoms with Gasteiger partial charge in [0.05, 0.1) is 0 Å². The highest BCUT2D eigenvalue weighted by atomic mass is 16.1. The number of benzene rings is 1.